The molecule has 2 rings (SSSR count). The second-order valence-electron chi connectivity index (χ2n) is 3.85. The molecule has 19 heavy (non-hydrogen) atoms. The largest absolute Gasteiger partial charge is 0.363 e. The maximum Gasteiger partial charge on any atom is 0.239 e. The first-order valence-corrected chi connectivity index (χ1v) is 6.28. The van der Waals surface area contributed by atoms with E-state index in [0.29, 0.717) is 23.3 Å². The normalized spacial score (nSPS) is 10.3. The smallest absolute Gasteiger partial charge is 0.239 e. The van der Waals surface area contributed by atoms with Gasteiger partial charge in [0.1, 0.15) is 5.02 Å². The van der Waals surface area contributed by atoms with Crippen LogP contribution in [0.25, 0.3) is 0 Å². The summed E-state index contributed by atoms with van der Waals surface area (Å²) in [5, 5.41) is 3.58. The van der Waals surface area contributed by atoms with E-state index in [1.54, 1.807) is 6.20 Å². The van der Waals surface area contributed by atoms with Gasteiger partial charge in [0.25, 0.3) is 0 Å². The number of anilines is 2. The number of nitrogens with zero attached hydrogens (tertiary/aromatic N) is 3. The van der Waals surface area contributed by atoms with E-state index in [0.717, 1.165) is 12.1 Å². The molecule has 0 aliphatic carbocycles. The van der Waals surface area contributed by atoms with Gasteiger partial charge < -0.3 is 5.32 Å². The predicted octanol–water partition coefficient (Wildman–Crippen LogP) is 1.99. The summed E-state index contributed by atoms with van der Waals surface area (Å²) < 4.78 is 0. The summed E-state index contributed by atoms with van der Waals surface area (Å²) in [5.74, 6) is 6.10. The fourth-order valence-electron chi connectivity index (χ4n) is 1.68. The van der Waals surface area contributed by atoms with Gasteiger partial charge in [0.2, 0.25) is 5.95 Å². The summed E-state index contributed by atoms with van der Waals surface area (Å²) in [6.07, 6.45) is 4.19. The highest BCUT2D eigenvalue weighted by atomic mass is 35.5. The van der Waals surface area contributed by atoms with Crippen molar-refractivity contribution in [2.45, 2.75) is 19.9 Å². The third-order valence-electron chi connectivity index (χ3n) is 2.66. The zero-order valence-electron chi connectivity index (χ0n) is 10.5. The fraction of sp³-hybridized carbons (Fsp3) is 0.250. The molecule has 0 unspecified atom stereocenters. The van der Waals surface area contributed by atoms with Crippen molar-refractivity contribution < 1.29 is 0 Å². The lowest BCUT2D eigenvalue weighted by molar-refractivity contribution is 0.961. The highest BCUT2D eigenvalue weighted by Gasteiger charge is 2.06. The van der Waals surface area contributed by atoms with Crippen molar-refractivity contribution >= 4 is 23.4 Å². The molecule has 0 aromatic carbocycles. The summed E-state index contributed by atoms with van der Waals surface area (Å²) in [5.41, 5.74) is 4.54. The maximum atomic E-state index is 6.02. The Bertz CT molecular complexity index is 560. The van der Waals surface area contributed by atoms with Crippen LogP contribution in [-0.4, -0.2) is 15.0 Å². The molecule has 0 radical (unpaired) electrons. The molecule has 0 fully saturated rings. The summed E-state index contributed by atoms with van der Waals surface area (Å²) in [7, 11) is 0. The molecule has 0 atom stereocenters. The Labute approximate surface area is 116 Å². The lowest BCUT2D eigenvalue weighted by Gasteiger charge is -2.10. The van der Waals surface area contributed by atoms with Gasteiger partial charge in [-0.1, -0.05) is 24.6 Å². The van der Waals surface area contributed by atoms with Gasteiger partial charge in [-0.15, -0.1) is 0 Å². The summed E-state index contributed by atoms with van der Waals surface area (Å²) in [6, 6.07) is 3.98. The fourth-order valence-corrected chi connectivity index (χ4v) is 1.84. The minimum absolute atomic E-state index is 0.309. The lowest BCUT2D eigenvalue weighted by Crippen LogP contribution is -2.12. The molecular formula is C12H15ClN6. The number of hydrogen-bond donors (Lipinski definition) is 3. The standard InChI is InChI=1S/C12H15ClN6/c1-2-8-4-3-5-15-10(8)7-16-11-9(13)6-17-12(18-11)19-14/h3-6H,2,7,14H2,1H3,(H2,16,17,18,19). The van der Waals surface area contributed by atoms with Gasteiger partial charge in [-0.05, 0) is 18.1 Å². The molecule has 0 saturated heterocycles. The SMILES string of the molecule is CCc1cccnc1CNc1nc(NN)ncc1Cl. The Morgan fingerprint density at radius 2 is 2.21 bits per heavy atom. The average Bonchev–Trinajstić information content (AvgIpc) is 2.46. The maximum absolute atomic E-state index is 6.02. The molecular weight excluding hydrogens is 264 g/mol. The van der Waals surface area contributed by atoms with Crippen molar-refractivity contribution in [2.75, 3.05) is 10.7 Å². The molecule has 2 aromatic rings. The van der Waals surface area contributed by atoms with E-state index in [1.165, 1.54) is 11.8 Å². The van der Waals surface area contributed by atoms with Crippen molar-refractivity contribution in [3.63, 3.8) is 0 Å². The molecule has 2 aromatic heterocycles. The van der Waals surface area contributed by atoms with Crippen LogP contribution in [0.15, 0.2) is 24.5 Å². The Balaban J connectivity index is 2.14. The molecule has 0 aliphatic rings. The van der Waals surface area contributed by atoms with E-state index in [4.69, 9.17) is 17.4 Å². The van der Waals surface area contributed by atoms with Crippen LogP contribution < -0.4 is 16.6 Å². The monoisotopic (exact) mass is 278 g/mol. The number of nitrogens with two attached hydrogens (primary N) is 1. The minimum atomic E-state index is 0.309. The quantitative estimate of drug-likeness (QED) is 0.572. The van der Waals surface area contributed by atoms with Crippen molar-refractivity contribution in [3.8, 4) is 0 Å². The Morgan fingerprint density at radius 1 is 1.37 bits per heavy atom. The zero-order chi connectivity index (χ0) is 13.7. The van der Waals surface area contributed by atoms with Gasteiger partial charge in [0.05, 0.1) is 18.4 Å². The number of rotatable bonds is 5. The number of aromatic nitrogens is 3. The molecule has 2 heterocycles. The number of aryl methyl sites for hydroxylation is 1. The second-order valence-corrected chi connectivity index (χ2v) is 4.26. The second kappa shape index (κ2) is 6.31. The molecule has 0 saturated carbocycles. The van der Waals surface area contributed by atoms with Gasteiger partial charge in [0, 0.05) is 6.20 Å². The van der Waals surface area contributed by atoms with Gasteiger partial charge in [-0.25, -0.2) is 10.8 Å². The summed E-state index contributed by atoms with van der Waals surface area (Å²) in [6.45, 7) is 2.64. The van der Waals surface area contributed by atoms with Crippen LogP contribution in [-0.2, 0) is 13.0 Å². The van der Waals surface area contributed by atoms with E-state index < -0.39 is 0 Å². The van der Waals surface area contributed by atoms with E-state index >= 15 is 0 Å². The Hall–Kier alpha value is -1.92. The molecule has 6 nitrogen and oxygen atoms in total. The van der Waals surface area contributed by atoms with Crippen LogP contribution in [0.1, 0.15) is 18.2 Å². The van der Waals surface area contributed by atoms with E-state index in [1.807, 2.05) is 6.07 Å². The molecule has 4 N–H and O–H groups in total. The third-order valence-corrected chi connectivity index (χ3v) is 2.94. The van der Waals surface area contributed by atoms with Crippen molar-refractivity contribution in [3.05, 3.63) is 40.8 Å². The number of halogens is 1. The highest BCUT2D eigenvalue weighted by molar-refractivity contribution is 6.32. The summed E-state index contributed by atoms with van der Waals surface area (Å²) >= 11 is 6.02. The third kappa shape index (κ3) is 3.30. The molecule has 0 spiro atoms. The molecule has 0 aliphatic heterocycles. The van der Waals surface area contributed by atoms with Crippen LogP contribution in [0.4, 0.5) is 11.8 Å². The van der Waals surface area contributed by atoms with Crippen LogP contribution in [0.5, 0.6) is 0 Å². The van der Waals surface area contributed by atoms with Gasteiger partial charge in [-0.2, -0.15) is 4.98 Å². The highest BCUT2D eigenvalue weighted by Crippen LogP contribution is 2.20. The number of hydrogen-bond acceptors (Lipinski definition) is 6. The van der Waals surface area contributed by atoms with E-state index in [9.17, 15) is 0 Å². The lowest BCUT2D eigenvalue weighted by atomic mass is 10.1. The van der Waals surface area contributed by atoms with E-state index in [-0.39, 0.29) is 0 Å². The van der Waals surface area contributed by atoms with Crippen molar-refractivity contribution in [2.24, 2.45) is 5.84 Å². The van der Waals surface area contributed by atoms with Gasteiger partial charge >= 0.3 is 0 Å². The van der Waals surface area contributed by atoms with Crippen LogP contribution in [0.3, 0.4) is 0 Å². The predicted molar refractivity (Wildman–Crippen MR) is 75.8 cm³/mol. The van der Waals surface area contributed by atoms with Crippen molar-refractivity contribution in [1.29, 1.82) is 0 Å². The molecule has 0 amide bonds. The molecule has 7 heteroatoms. The Kier molecular flexibility index (Phi) is 4.48. The first kappa shape index (κ1) is 13.5. The first-order valence-electron chi connectivity index (χ1n) is 5.90. The average molecular weight is 279 g/mol. The number of nitrogen functional groups attached to an aromatic ring is 1. The molecule has 100 valence electrons. The van der Waals surface area contributed by atoms with Crippen LogP contribution in [0.2, 0.25) is 5.02 Å². The van der Waals surface area contributed by atoms with E-state index in [2.05, 4.69) is 38.7 Å². The van der Waals surface area contributed by atoms with Crippen LogP contribution >= 0.6 is 11.6 Å². The number of pyridine rings is 1. The summed E-state index contributed by atoms with van der Waals surface area (Å²) in [4.78, 5) is 12.4. The van der Waals surface area contributed by atoms with Gasteiger partial charge in [-0.3, -0.25) is 10.4 Å². The number of hydrazine groups is 1. The van der Waals surface area contributed by atoms with Crippen LogP contribution in [0, 0.1) is 0 Å². The topological polar surface area (TPSA) is 88.8 Å². The first-order chi connectivity index (χ1) is 9.24. The number of nitrogens with one attached hydrogen (secondary N) is 2. The van der Waals surface area contributed by atoms with Gasteiger partial charge in [0.15, 0.2) is 5.82 Å². The van der Waals surface area contributed by atoms with Crippen molar-refractivity contribution in [1.82, 2.24) is 15.0 Å². The Morgan fingerprint density at radius 3 is 2.95 bits per heavy atom. The molecule has 0 bridgehead atoms. The zero-order valence-corrected chi connectivity index (χ0v) is 11.3. The minimum Gasteiger partial charge on any atom is -0.363 e.